The van der Waals surface area contributed by atoms with Gasteiger partial charge in [-0.2, -0.15) is 0 Å². The Bertz CT molecular complexity index is 257. The van der Waals surface area contributed by atoms with E-state index in [0.717, 1.165) is 24.5 Å². The van der Waals surface area contributed by atoms with Gasteiger partial charge in [0.1, 0.15) is 11.4 Å². The van der Waals surface area contributed by atoms with E-state index in [9.17, 15) is 0 Å². The van der Waals surface area contributed by atoms with E-state index in [1.165, 1.54) is 5.56 Å². The van der Waals surface area contributed by atoms with Crippen LogP contribution in [0.1, 0.15) is 5.56 Å². The average molecular weight is 136 g/mol. The highest BCUT2D eigenvalue weighted by Crippen LogP contribution is 2.25. The third kappa shape index (κ3) is 0.772. The van der Waals surface area contributed by atoms with Crippen molar-refractivity contribution in [2.24, 2.45) is 0 Å². The van der Waals surface area contributed by atoms with E-state index in [4.69, 9.17) is 4.74 Å². The molecule has 3 N–H and O–H groups in total. The highest BCUT2D eigenvalue weighted by atomic mass is 16.5. The molecule has 2 nitrogen and oxygen atoms in total. The molecule has 0 spiro atoms. The number of ether oxygens (including phenoxy) is 1. The lowest BCUT2D eigenvalue weighted by atomic mass is 10.1. The summed E-state index contributed by atoms with van der Waals surface area (Å²) in [6, 6.07) is 6.05. The van der Waals surface area contributed by atoms with Crippen molar-refractivity contribution >= 4 is 5.69 Å². The molecular formula is C8H10NO+. The summed E-state index contributed by atoms with van der Waals surface area (Å²) in [7, 11) is 0. The lowest BCUT2D eigenvalue weighted by Crippen LogP contribution is -2.40. The molecule has 0 aliphatic carbocycles. The lowest BCUT2D eigenvalue weighted by molar-refractivity contribution is -0.254. The Balaban J connectivity index is 2.52. The SMILES string of the molecule is [NH3+]c1ccc2c(c1)CCO2. The van der Waals surface area contributed by atoms with E-state index in [1.54, 1.807) is 0 Å². The van der Waals surface area contributed by atoms with Crippen molar-refractivity contribution in [2.45, 2.75) is 6.42 Å². The predicted octanol–water partition coefficient (Wildman–Crippen LogP) is 0.495. The van der Waals surface area contributed by atoms with Crippen molar-refractivity contribution in [3.63, 3.8) is 0 Å². The number of rotatable bonds is 0. The molecule has 1 heterocycles. The van der Waals surface area contributed by atoms with Crippen molar-refractivity contribution in [1.29, 1.82) is 0 Å². The minimum atomic E-state index is 0.832. The molecule has 1 aromatic rings. The topological polar surface area (TPSA) is 36.9 Å². The molecule has 2 rings (SSSR count). The third-order valence-electron chi connectivity index (χ3n) is 1.75. The maximum Gasteiger partial charge on any atom is 0.128 e. The van der Waals surface area contributed by atoms with Gasteiger partial charge in [-0.15, -0.1) is 0 Å². The first kappa shape index (κ1) is 5.74. The first-order chi connectivity index (χ1) is 4.86. The van der Waals surface area contributed by atoms with Gasteiger partial charge in [0.15, 0.2) is 0 Å². The molecule has 0 fully saturated rings. The zero-order valence-corrected chi connectivity index (χ0v) is 5.76. The molecule has 1 aliphatic rings. The van der Waals surface area contributed by atoms with Crippen LogP contribution in [0.25, 0.3) is 0 Å². The van der Waals surface area contributed by atoms with Crippen LogP contribution < -0.4 is 10.5 Å². The van der Waals surface area contributed by atoms with Crippen LogP contribution in [0.3, 0.4) is 0 Å². The van der Waals surface area contributed by atoms with Gasteiger partial charge in [0.25, 0.3) is 0 Å². The summed E-state index contributed by atoms with van der Waals surface area (Å²) in [5.74, 6) is 1.03. The summed E-state index contributed by atoms with van der Waals surface area (Å²) in [6.45, 7) is 0.832. The van der Waals surface area contributed by atoms with E-state index < -0.39 is 0 Å². The largest absolute Gasteiger partial charge is 0.493 e. The summed E-state index contributed by atoms with van der Waals surface area (Å²) >= 11 is 0. The van der Waals surface area contributed by atoms with Crippen molar-refractivity contribution in [3.8, 4) is 5.75 Å². The van der Waals surface area contributed by atoms with Crippen LogP contribution in [-0.2, 0) is 6.42 Å². The molecular weight excluding hydrogens is 126 g/mol. The fourth-order valence-electron chi connectivity index (χ4n) is 1.24. The van der Waals surface area contributed by atoms with Crippen LogP contribution >= 0.6 is 0 Å². The smallest absolute Gasteiger partial charge is 0.128 e. The van der Waals surface area contributed by atoms with Gasteiger partial charge in [0, 0.05) is 24.1 Å². The Kier molecular flexibility index (Phi) is 1.14. The standard InChI is InChI=1S/C8H9NO/c9-7-1-2-8-6(5-7)3-4-10-8/h1-2,5H,3-4,9H2/p+1. The summed E-state index contributed by atoms with van der Waals surface area (Å²) in [5.41, 5.74) is 6.21. The monoisotopic (exact) mass is 136 g/mol. The van der Waals surface area contributed by atoms with E-state index in [2.05, 4.69) is 11.8 Å². The van der Waals surface area contributed by atoms with Crippen LogP contribution in [0.2, 0.25) is 0 Å². The van der Waals surface area contributed by atoms with Crippen molar-refractivity contribution < 1.29 is 10.5 Å². The fourth-order valence-corrected chi connectivity index (χ4v) is 1.24. The van der Waals surface area contributed by atoms with Crippen molar-refractivity contribution in [3.05, 3.63) is 23.8 Å². The highest BCUT2D eigenvalue weighted by Gasteiger charge is 2.11. The second-order valence-electron chi connectivity index (χ2n) is 2.54. The molecule has 1 aliphatic heterocycles. The van der Waals surface area contributed by atoms with Crippen LogP contribution in [0.5, 0.6) is 5.75 Å². The van der Waals surface area contributed by atoms with Crippen LogP contribution in [0.4, 0.5) is 5.69 Å². The molecule has 0 unspecified atom stereocenters. The van der Waals surface area contributed by atoms with Gasteiger partial charge in [0.2, 0.25) is 0 Å². The number of hydrogen-bond acceptors (Lipinski definition) is 1. The minimum Gasteiger partial charge on any atom is -0.493 e. The summed E-state index contributed by atoms with van der Waals surface area (Å²) < 4.78 is 5.33. The Morgan fingerprint density at radius 1 is 1.40 bits per heavy atom. The van der Waals surface area contributed by atoms with E-state index in [0.29, 0.717) is 0 Å². The van der Waals surface area contributed by atoms with Gasteiger partial charge >= 0.3 is 0 Å². The number of quaternary nitrogens is 1. The first-order valence-corrected chi connectivity index (χ1v) is 3.44. The molecule has 52 valence electrons. The van der Waals surface area contributed by atoms with Crippen LogP contribution in [0.15, 0.2) is 18.2 Å². The zero-order valence-electron chi connectivity index (χ0n) is 5.76. The Labute approximate surface area is 59.6 Å². The van der Waals surface area contributed by atoms with E-state index >= 15 is 0 Å². The molecule has 0 atom stereocenters. The first-order valence-electron chi connectivity index (χ1n) is 3.44. The molecule has 0 bridgehead atoms. The fraction of sp³-hybridized carbons (Fsp3) is 0.250. The zero-order chi connectivity index (χ0) is 6.97. The van der Waals surface area contributed by atoms with Crippen molar-refractivity contribution in [1.82, 2.24) is 0 Å². The van der Waals surface area contributed by atoms with Crippen LogP contribution in [-0.4, -0.2) is 6.61 Å². The van der Waals surface area contributed by atoms with Gasteiger partial charge in [0.05, 0.1) is 6.61 Å². The van der Waals surface area contributed by atoms with Crippen molar-refractivity contribution in [2.75, 3.05) is 6.61 Å². The van der Waals surface area contributed by atoms with Gasteiger partial charge in [-0.05, 0) is 6.07 Å². The Morgan fingerprint density at radius 3 is 3.20 bits per heavy atom. The molecule has 0 amide bonds. The summed E-state index contributed by atoms with van der Waals surface area (Å²) in [4.78, 5) is 0. The molecule has 0 saturated heterocycles. The third-order valence-corrected chi connectivity index (χ3v) is 1.75. The van der Waals surface area contributed by atoms with Gasteiger partial charge < -0.3 is 10.5 Å². The second kappa shape index (κ2) is 1.99. The second-order valence-corrected chi connectivity index (χ2v) is 2.54. The number of hydrogen-bond donors (Lipinski definition) is 1. The molecule has 10 heavy (non-hydrogen) atoms. The molecule has 0 aromatic heterocycles. The van der Waals surface area contributed by atoms with E-state index in [1.807, 2.05) is 12.1 Å². The van der Waals surface area contributed by atoms with Gasteiger partial charge in [-0.3, -0.25) is 0 Å². The van der Waals surface area contributed by atoms with E-state index in [-0.39, 0.29) is 0 Å². The Hall–Kier alpha value is -1.02. The summed E-state index contributed by atoms with van der Waals surface area (Å²) in [6.07, 6.45) is 1.04. The maximum atomic E-state index is 5.33. The highest BCUT2D eigenvalue weighted by molar-refractivity contribution is 5.44. The number of fused-ring (bicyclic) bond motifs is 1. The maximum absolute atomic E-state index is 5.33. The molecule has 1 aromatic carbocycles. The quantitative estimate of drug-likeness (QED) is 0.554. The molecule has 0 saturated carbocycles. The lowest BCUT2D eigenvalue weighted by Gasteiger charge is -1.95. The number of benzene rings is 1. The minimum absolute atomic E-state index is 0.832. The predicted molar refractivity (Wildman–Crippen MR) is 38.2 cm³/mol. The summed E-state index contributed by atoms with van der Waals surface area (Å²) in [5, 5.41) is 0. The van der Waals surface area contributed by atoms with Crippen LogP contribution in [0, 0.1) is 0 Å². The van der Waals surface area contributed by atoms with Gasteiger partial charge in [-0.25, -0.2) is 0 Å². The normalized spacial score (nSPS) is 14.5. The van der Waals surface area contributed by atoms with Gasteiger partial charge in [-0.1, -0.05) is 0 Å². The Morgan fingerprint density at radius 2 is 2.30 bits per heavy atom. The molecule has 2 heteroatoms. The molecule has 0 radical (unpaired) electrons. The average Bonchev–Trinajstić information content (AvgIpc) is 2.33.